The maximum atomic E-state index is 14.2. The Kier molecular flexibility index (Phi) is 39.5. The fourth-order valence-electron chi connectivity index (χ4n) is 14.3. The van der Waals surface area contributed by atoms with Gasteiger partial charge in [0, 0.05) is 137 Å². The first-order valence-electron chi connectivity index (χ1n) is 41.0. The van der Waals surface area contributed by atoms with Crippen LogP contribution in [0.25, 0.3) is 11.1 Å². The molecule has 7 amide bonds. The summed E-state index contributed by atoms with van der Waals surface area (Å²) in [6, 6.07) is 21.4. The maximum Gasteiger partial charge on any atom is 0.322 e. The number of amides is 7. The van der Waals surface area contributed by atoms with Crippen molar-refractivity contribution in [1.82, 2.24) is 34.3 Å². The third kappa shape index (κ3) is 29.8. The van der Waals surface area contributed by atoms with Crippen LogP contribution in [-0.4, -0.2) is 251 Å². The van der Waals surface area contributed by atoms with Crippen LogP contribution in [0.1, 0.15) is 179 Å². The summed E-state index contributed by atoms with van der Waals surface area (Å²) in [7, 11) is 16.6. The number of methoxy groups -OCH3 is 3. The second-order valence-corrected chi connectivity index (χ2v) is 31.0. The van der Waals surface area contributed by atoms with Gasteiger partial charge in [-0.1, -0.05) is 56.4 Å². The molecule has 5 atom stereocenters. The van der Waals surface area contributed by atoms with E-state index in [4.69, 9.17) is 34.7 Å². The number of carbonyl (C=O) groups is 11. The number of carboxylic acid groups (broad SMARTS) is 1. The highest BCUT2D eigenvalue weighted by Crippen LogP contribution is 2.42. The van der Waals surface area contributed by atoms with Crippen molar-refractivity contribution in [3.8, 4) is 23.0 Å². The molecule has 0 fully saturated rings. The molecule has 0 spiro atoms. The lowest BCUT2D eigenvalue weighted by molar-refractivity contribution is -0.144. The van der Waals surface area contributed by atoms with Crippen LogP contribution in [-0.2, 0) is 47.9 Å². The minimum Gasteiger partial charge on any atom is -0.497 e. The zero-order chi connectivity index (χ0) is 86.7. The van der Waals surface area contributed by atoms with Gasteiger partial charge >= 0.3 is 11.9 Å². The molecule has 29 heteroatoms. The van der Waals surface area contributed by atoms with Gasteiger partial charge in [0.1, 0.15) is 29.1 Å². The van der Waals surface area contributed by atoms with Crippen molar-refractivity contribution < 1.29 is 81.5 Å². The number of halogens is 1. The summed E-state index contributed by atoms with van der Waals surface area (Å²) >= 11 is 4.64. The Morgan fingerprint density at radius 3 is 1.42 bits per heavy atom. The van der Waals surface area contributed by atoms with Crippen molar-refractivity contribution in [2.45, 2.75) is 166 Å². The maximum absolute atomic E-state index is 14.2. The van der Waals surface area contributed by atoms with Gasteiger partial charge in [0.15, 0.2) is 11.5 Å². The molecular weight excluding hydrogens is 1540 g/mol. The molecule has 0 aromatic heterocycles. The molecular formula is C90H120ClN11O17. The molecule has 4 aromatic rings. The van der Waals surface area contributed by atoms with Gasteiger partial charge in [-0.2, -0.15) is 0 Å². The largest absolute Gasteiger partial charge is 0.497 e. The van der Waals surface area contributed by atoms with Crippen LogP contribution in [0.2, 0.25) is 0 Å². The van der Waals surface area contributed by atoms with E-state index in [1.54, 1.807) is 35.3 Å². The van der Waals surface area contributed by atoms with Crippen molar-refractivity contribution in [2.24, 2.45) is 27.6 Å². The highest BCUT2D eigenvalue weighted by atomic mass is 35.5. The molecule has 0 bridgehead atoms. The number of Topliss-reactive ketones (excluding diaryl/α,β-unsaturated/α-hetero) is 2. The SMILES string of the molecule is CCl.CN(C)CCCCC(CC(=O)CCCCCN1C(=O)C=CC1=O)C(=O)O.COC(=O)[C@@H](N)CCCCN(C)C.COc1ccc(C2=CN3C(=O)c4cc(C)c(OCCCOc5cc6c(cc5OC)C(=O)N5C=C(c7ccc(NC(=O)C(CCCCN(C)C)CC(=O)CCCCCN8C(=O)C=CC8=O)cc7)C[C@H]5C=N6)cc4N=C[C@@H]3C2)cc1. The summed E-state index contributed by atoms with van der Waals surface area (Å²) in [5.41, 5.74) is 12.9. The second kappa shape index (κ2) is 49.1. The zero-order valence-corrected chi connectivity index (χ0v) is 71.7. The zero-order valence-electron chi connectivity index (χ0n) is 70.9. The summed E-state index contributed by atoms with van der Waals surface area (Å²) in [6.45, 7) is 6.08. The predicted molar refractivity (Wildman–Crippen MR) is 461 cm³/mol. The Labute approximate surface area is 704 Å². The van der Waals surface area contributed by atoms with E-state index in [1.807, 2.05) is 128 Å². The first-order chi connectivity index (χ1) is 57.1. The van der Waals surface area contributed by atoms with E-state index >= 15 is 0 Å². The Hall–Kier alpha value is -10.5. The molecule has 6 heterocycles. The lowest BCUT2D eigenvalue weighted by Crippen LogP contribution is -2.32. The number of alkyl halides is 1. The molecule has 644 valence electrons. The van der Waals surface area contributed by atoms with Crippen molar-refractivity contribution in [3.05, 3.63) is 137 Å². The standard InChI is InChI=1S/C61H67N7O10.C19H30N2O5.C9H20N2O2.CH3Cl/c1-39-28-50-52(62-35-46-30-44(38-67(46)60(50)73)41-16-20-49(75-4)21-17-41)33-54(39)77-26-11-27-78-56-34-53-51(32-55(56)76-5)61(74)68-37-43(29-47(68)36-63-53)40-14-18-45(19-15-40)64-59(72)42(12-8-10-24-65(2)3)31-48(69)13-7-6-9-25-66-57(70)22-23-58(66)71;1-20(2)12-7-5-8-15(19(25)26)14-16(22)9-4-3-6-13-21-17(23)10-11-18(21)24;1-11(2)7-5-4-6-8(10)9(12)13-3;1-2/h14-23,28,32-38,42,46-47H,6-13,24-27,29-31H2,1-5H3,(H,64,72);10-11,15H,3-9,12-14H2,1-2H3,(H,25,26);8H,4-7,10H2,1-3H3;1H3/t42?,46-,47-;;8-;/m0.0./s1. The third-order valence-electron chi connectivity index (χ3n) is 21.1. The fourth-order valence-corrected chi connectivity index (χ4v) is 14.3. The number of carboxylic acids is 1. The number of aliphatic carboxylic acids is 1. The number of hydrogen-bond donors (Lipinski definition) is 3. The molecule has 119 heavy (non-hydrogen) atoms. The van der Waals surface area contributed by atoms with E-state index in [0.29, 0.717) is 155 Å². The van der Waals surface area contributed by atoms with Crippen LogP contribution in [0.4, 0.5) is 17.1 Å². The number of anilines is 1. The monoisotopic (exact) mass is 1660 g/mol. The molecule has 4 N–H and O–H groups in total. The van der Waals surface area contributed by atoms with E-state index < -0.39 is 23.8 Å². The number of carbonyl (C=O) groups excluding carboxylic acids is 10. The number of aliphatic imine (C=N–C) groups is 2. The summed E-state index contributed by atoms with van der Waals surface area (Å²) in [6.07, 6.45) is 27.8. The molecule has 0 saturated heterocycles. The van der Waals surface area contributed by atoms with Crippen molar-refractivity contribution in [3.63, 3.8) is 0 Å². The number of esters is 1. The van der Waals surface area contributed by atoms with Gasteiger partial charge < -0.3 is 64.3 Å². The van der Waals surface area contributed by atoms with Crippen LogP contribution in [0.5, 0.6) is 23.0 Å². The molecule has 10 rings (SSSR count). The number of nitrogens with two attached hydrogens (primary N) is 1. The fraction of sp³-hybridized carbons (Fsp3) is 0.500. The van der Waals surface area contributed by atoms with Gasteiger partial charge in [0.05, 0.1) is 75.0 Å². The van der Waals surface area contributed by atoms with Crippen molar-refractivity contribution in [2.75, 3.05) is 121 Å². The van der Waals surface area contributed by atoms with Crippen LogP contribution >= 0.6 is 11.6 Å². The number of nitrogens with one attached hydrogen (secondary N) is 1. The molecule has 0 saturated carbocycles. The summed E-state index contributed by atoms with van der Waals surface area (Å²) in [5.74, 6) is -1.77. The van der Waals surface area contributed by atoms with Gasteiger partial charge in [-0.15, -0.1) is 11.6 Å². The molecule has 28 nitrogen and oxygen atoms in total. The Balaban J connectivity index is 0.000000390. The van der Waals surface area contributed by atoms with Crippen molar-refractivity contribution in [1.29, 1.82) is 0 Å². The number of rotatable bonds is 45. The lowest BCUT2D eigenvalue weighted by atomic mass is 9.93. The van der Waals surface area contributed by atoms with E-state index in [-0.39, 0.29) is 83.8 Å². The van der Waals surface area contributed by atoms with Crippen LogP contribution in [0, 0.1) is 18.8 Å². The molecule has 4 aromatic carbocycles. The Morgan fingerprint density at radius 1 is 0.529 bits per heavy atom. The summed E-state index contributed by atoms with van der Waals surface area (Å²) in [5, 5.41) is 12.3. The Morgan fingerprint density at radius 2 is 0.966 bits per heavy atom. The minimum absolute atomic E-state index is 0.0184. The molecule has 6 aliphatic heterocycles. The number of benzene rings is 4. The quantitative estimate of drug-likeness (QED) is 0.0160. The van der Waals surface area contributed by atoms with E-state index in [2.05, 4.69) is 36.4 Å². The number of aryl methyl sites for hydroxylation is 1. The highest BCUT2D eigenvalue weighted by molar-refractivity contribution is 6.15. The highest BCUT2D eigenvalue weighted by Gasteiger charge is 2.36. The topological polar surface area (TPSA) is 340 Å². The van der Waals surface area contributed by atoms with Gasteiger partial charge in [-0.3, -0.25) is 72.5 Å². The smallest absolute Gasteiger partial charge is 0.322 e. The summed E-state index contributed by atoms with van der Waals surface area (Å²) < 4.78 is 27.9. The van der Waals surface area contributed by atoms with Gasteiger partial charge in [-0.25, -0.2) is 0 Å². The normalized spacial score (nSPS) is 16.3. The molecule has 0 radical (unpaired) electrons. The number of ether oxygens (including phenoxy) is 5. The lowest BCUT2D eigenvalue weighted by Gasteiger charge is -2.19. The number of fused-ring (bicyclic) bond motifs is 4. The first-order valence-corrected chi connectivity index (χ1v) is 41.7. The van der Waals surface area contributed by atoms with Crippen LogP contribution < -0.4 is 30.0 Å². The van der Waals surface area contributed by atoms with E-state index in [9.17, 15) is 57.8 Å². The molecule has 0 aliphatic carbocycles. The number of unbranched alkanes of at least 4 members (excludes halogenated alkanes) is 7. The number of hydrogen-bond acceptors (Lipinski definition) is 22. The average Bonchev–Trinajstić information content (AvgIpc) is 1.64. The van der Waals surface area contributed by atoms with Crippen molar-refractivity contribution >= 4 is 117 Å². The number of nitrogens with zero attached hydrogens (tertiary/aromatic N) is 9. The summed E-state index contributed by atoms with van der Waals surface area (Å²) in [4.78, 5) is 157. The third-order valence-corrected chi connectivity index (χ3v) is 21.1. The van der Waals surface area contributed by atoms with Gasteiger partial charge in [0.25, 0.3) is 35.4 Å². The van der Waals surface area contributed by atoms with E-state index in [0.717, 1.165) is 98.2 Å². The van der Waals surface area contributed by atoms with Crippen LogP contribution in [0.15, 0.2) is 119 Å². The predicted octanol–water partition coefficient (Wildman–Crippen LogP) is 12.5. The Bertz CT molecular complexity index is 4310. The minimum atomic E-state index is -0.901. The van der Waals surface area contributed by atoms with Crippen LogP contribution in [0.3, 0.4) is 0 Å². The second-order valence-electron chi connectivity index (χ2n) is 31.0. The molecule has 2 unspecified atom stereocenters. The molecule has 6 aliphatic rings. The van der Waals surface area contributed by atoms with Gasteiger partial charge in [0.2, 0.25) is 5.91 Å². The average molecular weight is 1660 g/mol. The van der Waals surface area contributed by atoms with Gasteiger partial charge in [-0.05, 0) is 197 Å². The first kappa shape index (κ1) is 95.6. The van der Waals surface area contributed by atoms with E-state index in [1.165, 1.54) is 54.7 Å². The number of imide groups is 2. The number of ketones is 2.